The summed E-state index contributed by atoms with van der Waals surface area (Å²) in [5, 5.41) is 3.79. The van der Waals surface area contributed by atoms with Crippen LogP contribution in [-0.2, 0) is 4.79 Å². The van der Waals surface area contributed by atoms with Crippen LogP contribution in [0.5, 0.6) is 0 Å². The fourth-order valence-corrected chi connectivity index (χ4v) is 5.02. The number of hydrogen-bond acceptors (Lipinski definition) is 4. The molecule has 2 heterocycles. The molecule has 2 amide bonds. The van der Waals surface area contributed by atoms with Gasteiger partial charge < -0.3 is 10.2 Å². The number of nitrogens with one attached hydrogen (secondary N) is 1. The normalized spacial score (nSPS) is 17.1. The molecule has 5 nitrogen and oxygen atoms in total. The van der Waals surface area contributed by atoms with Crippen LogP contribution in [-0.4, -0.2) is 22.8 Å². The maximum Gasteiger partial charge on any atom is 0.261 e. The Balaban J connectivity index is 1.67. The topological polar surface area (TPSA) is 62.3 Å². The highest BCUT2D eigenvalue weighted by molar-refractivity contribution is 7.99. The Morgan fingerprint density at radius 2 is 2.00 bits per heavy atom. The lowest BCUT2D eigenvalue weighted by Gasteiger charge is -2.27. The molecule has 146 valence electrons. The van der Waals surface area contributed by atoms with E-state index in [1.54, 1.807) is 12.3 Å². The molecule has 0 saturated heterocycles. The number of fused-ring (bicyclic) bond motifs is 2. The Kier molecular flexibility index (Phi) is 5.40. The molecule has 0 atom stereocenters. The van der Waals surface area contributed by atoms with Crippen LogP contribution in [0, 0.1) is 5.92 Å². The van der Waals surface area contributed by atoms with E-state index in [4.69, 9.17) is 0 Å². The molecular formula is C22H25N3O2S. The van der Waals surface area contributed by atoms with Crippen LogP contribution in [0.1, 0.15) is 56.3 Å². The van der Waals surface area contributed by atoms with Crippen molar-refractivity contribution in [1.29, 1.82) is 0 Å². The number of hydrogen-bond donors (Lipinski definition) is 1. The van der Waals surface area contributed by atoms with Crippen LogP contribution in [0.25, 0.3) is 0 Å². The van der Waals surface area contributed by atoms with Crippen molar-refractivity contribution in [2.24, 2.45) is 5.92 Å². The van der Waals surface area contributed by atoms with E-state index >= 15 is 0 Å². The first kappa shape index (κ1) is 19.0. The summed E-state index contributed by atoms with van der Waals surface area (Å²) in [4.78, 5) is 32.9. The van der Waals surface area contributed by atoms with E-state index < -0.39 is 0 Å². The van der Waals surface area contributed by atoms with Gasteiger partial charge in [-0.2, -0.15) is 0 Å². The Bertz CT molecular complexity index is 906. The predicted molar refractivity (Wildman–Crippen MR) is 112 cm³/mol. The zero-order valence-corrected chi connectivity index (χ0v) is 17.1. The van der Waals surface area contributed by atoms with Gasteiger partial charge in [0.2, 0.25) is 5.91 Å². The zero-order chi connectivity index (χ0) is 19.7. The van der Waals surface area contributed by atoms with Crippen molar-refractivity contribution < 1.29 is 9.59 Å². The highest BCUT2D eigenvalue weighted by Gasteiger charge is 2.30. The molecule has 0 bridgehead atoms. The quantitative estimate of drug-likeness (QED) is 0.783. The van der Waals surface area contributed by atoms with Crippen molar-refractivity contribution >= 4 is 35.0 Å². The summed E-state index contributed by atoms with van der Waals surface area (Å²) in [5.41, 5.74) is 2.25. The smallest absolute Gasteiger partial charge is 0.261 e. The average Bonchev–Trinajstić information content (AvgIpc) is 2.82. The van der Waals surface area contributed by atoms with E-state index in [1.165, 1.54) is 18.2 Å². The SMILES string of the molecule is CC(C)N1C(=O)c2cccnc2Sc2cc(NC(=O)C3CCCCC3)ccc21. The molecule has 1 fully saturated rings. The number of aromatic nitrogens is 1. The minimum Gasteiger partial charge on any atom is -0.326 e. The van der Waals surface area contributed by atoms with Crippen molar-refractivity contribution in [3.63, 3.8) is 0 Å². The molecule has 1 aromatic carbocycles. The van der Waals surface area contributed by atoms with E-state index in [1.807, 2.05) is 43.0 Å². The number of anilines is 2. The fourth-order valence-electron chi connectivity index (χ4n) is 3.97. The first-order chi connectivity index (χ1) is 13.5. The van der Waals surface area contributed by atoms with Crippen molar-refractivity contribution in [2.45, 2.75) is 61.9 Å². The summed E-state index contributed by atoms with van der Waals surface area (Å²) < 4.78 is 0. The first-order valence-electron chi connectivity index (χ1n) is 9.96. The number of amides is 2. The van der Waals surface area contributed by atoms with Gasteiger partial charge in [0.15, 0.2) is 0 Å². The van der Waals surface area contributed by atoms with E-state index in [9.17, 15) is 9.59 Å². The molecule has 1 aliphatic carbocycles. The highest BCUT2D eigenvalue weighted by Crippen LogP contribution is 2.42. The van der Waals surface area contributed by atoms with Gasteiger partial charge in [0.25, 0.3) is 5.91 Å². The molecule has 0 spiro atoms. The van der Waals surface area contributed by atoms with Gasteiger partial charge in [-0.1, -0.05) is 31.0 Å². The number of carbonyl (C=O) groups excluding carboxylic acids is 2. The van der Waals surface area contributed by atoms with Crippen molar-refractivity contribution in [1.82, 2.24) is 4.98 Å². The molecule has 28 heavy (non-hydrogen) atoms. The van der Waals surface area contributed by atoms with Gasteiger partial charge in [0.1, 0.15) is 5.03 Å². The zero-order valence-electron chi connectivity index (χ0n) is 16.3. The van der Waals surface area contributed by atoms with Crippen LogP contribution >= 0.6 is 11.8 Å². The minimum absolute atomic E-state index is 0.0145. The molecule has 2 aromatic rings. The van der Waals surface area contributed by atoms with E-state index in [-0.39, 0.29) is 23.8 Å². The second kappa shape index (κ2) is 7.95. The maximum absolute atomic E-state index is 13.1. The standard InChI is InChI=1S/C22H25N3O2S/c1-14(2)25-18-11-10-16(24-20(26)15-7-4-3-5-8-15)13-19(18)28-21-17(22(25)27)9-6-12-23-21/h6,9-15H,3-5,7-8H2,1-2H3,(H,24,26). The van der Waals surface area contributed by atoms with Crippen molar-refractivity contribution in [3.05, 3.63) is 42.1 Å². The van der Waals surface area contributed by atoms with E-state index in [0.717, 1.165) is 42.0 Å². The van der Waals surface area contributed by atoms with Crippen LogP contribution in [0.15, 0.2) is 46.5 Å². The molecule has 6 heteroatoms. The monoisotopic (exact) mass is 395 g/mol. The molecule has 0 unspecified atom stereocenters. The number of carbonyl (C=O) groups is 2. The third-order valence-electron chi connectivity index (χ3n) is 5.41. The molecule has 1 N–H and O–H groups in total. The third-order valence-corrected chi connectivity index (χ3v) is 6.47. The molecule has 1 aromatic heterocycles. The fraction of sp³-hybridized carbons (Fsp3) is 0.409. The maximum atomic E-state index is 13.1. The molecule has 0 radical (unpaired) electrons. The molecule has 1 aliphatic heterocycles. The van der Waals surface area contributed by atoms with Gasteiger partial charge in [-0.3, -0.25) is 9.59 Å². The van der Waals surface area contributed by atoms with Gasteiger partial charge in [-0.05, 0) is 57.0 Å². The van der Waals surface area contributed by atoms with Gasteiger partial charge in [0.05, 0.1) is 11.3 Å². The van der Waals surface area contributed by atoms with Crippen LogP contribution in [0.2, 0.25) is 0 Å². The number of pyridine rings is 1. The highest BCUT2D eigenvalue weighted by atomic mass is 32.2. The number of benzene rings is 1. The molecular weight excluding hydrogens is 370 g/mol. The Morgan fingerprint density at radius 3 is 2.75 bits per heavy atom. The van der Waals surface area contributed by atoms with E-state index in [0.29, 0.717) is 10.6 Å². The summed E-state index contributed by atoms with van der Waals surface area (Å²) in [6.07, 6.45) is 7.14. The third kappa shape index (κ3) is 3.65. The summed E-state index contributed by atoms with van der Waals surface area (Å²) in [6, 6.07) is 9.43. The second-order valence-electron chi connectivity index (χ2n) is 7.73. The number of rotatable bonds is 3. The Hall–Kier alpha value is -2.34. The van der Waals surface area contributed by atoms with Gasteiger partial charge >= 0.3 is 0 Å². The van der Waals surface area contributed by atoms with E-state index in [2.05, 4.69) is 10.3 Å². The van der Waals surface area contributed by atoms with Crippen LogP contribution < -0.4 is 10.2 Å². The summed E-state index contributed by atoms with van der Waals surface area (Å²) in [7, 11) is 0. The minimum atomic E-state index is -0.0386. The predicted octanol–water partition coefficient (Wildman–Crippen LogP) is 5.12. The molecule has 4 rings (SSSR count). The van der Waals surface area contributed by atoms with Gasteiger partial charge in [-0.15, -0.1) is 0 Å². The van der Waals surface area contributed by atoms with Crippen molar-refractivity contribution in [2.75, 3.05) is 10.2 Å². The Labute approximate surface area is 169 Å². The lowest BCUT2D eigenvalue weighted by Crippen LogP contribution is -2.37. The number of nitrogens with zero attached hydrogens (tertiary/aromatic N) is 2. The largest absolute Gasteiger partial charge is 0.326 e. The summed E-state index contributed by atoms with van der Waals surface area (Å²) in [5.74, 6) is 0.174. The molecule has 2 aliphatic rings. The second-order valence-corrected chi connectivity index (χ2v) is 8.76. The van der Waals surface area contributed by atoms with Gasteiger partial charge in [-0.25, -0.2) is 4.98 Å². The lowest BCUT2D eigenvalue weighted by atomic mass is 9.88. The van der Waals surface area contributed by atoms with Crippen LogP contribution in [0.4, 0.5) is 11.4 Å². The summed E-state index contributed by atoms with van der Waals surface area (Å²) in [6.45, 7) is 4.01. The summed E-state index contributed by atoms with van der Waals surface area (Å²) >= 11 is 1.48. The van der Waals surface area contributed by atoms with Gasteiger partial charge in [0, 0.05) is 28.7 Å². The lowest BCUT2D eigenvalue weighted by molar-refractivity contribution is -0.120. The van der Waals surface area contributed by atoms with Crippen LogP contribution in [0.3, 0.4) is 0 Å². The first-order valence-corrected chi connectivity index (χ1v) is 10.8. The average molecular weight is 396 g/mol. The molecule has 1 saturated carbocycles. The van der Waals surface area contributed by atoms with Crippen molar-refractivity contribution in [3.8, 4) is 0 Å². The Morgan fingerprint density at radius 1 is 1.21 bits per heavy atom.